The number of ether oxygens (including phenoxy) is 1. The van der Waals surface area contributed by atoms with Gasteiger partial charge in [0.15, 0.2) is 0 Å². The van der Waals surface area contributed by atoms with Crippen molar-refractivity contribution < 1.29 is 22.3 Å². The normalized spacial score (nSPS) is 20.2. The summed E-state index contributed by atoms with van der Waals surface area (Å²) in [7, 11) is -2.92. The van der Waals surface area contributed by atoms with Crippen LogP contribution in [-0.2, 0) is 19.6 Å². The number of hydrogen-bond donors (Lipinski definition) is 0. The molecule has 1 aromatic rings. The van der Waals surface area contributed by atoms with E-state index in [4.69, 9.17) is 11.6 Å². The van der Waals surface area contributed by atoms with E-state index < -0.39 is 32.7 Å². The summed E-state index contributed by atoms with van der Waals surface area (Å²) < 4.78 is 44.7. The number of carbonyl (C=O) groups excluding carboxylic acids is 1. The van der Waals surface area contributed by atoms with Gasteiger partial charge in [-0.05, 0) is 37.5 Å². The maximum Gasteiger partial charge on any atom is 0.324 e. The van der Waals surface area contributed by atoms with Crippen LogP contribution in [0.25, 0.3) is 0 Å². The largest absolute Gasteiger partial charge is 0.468 e. The zero-order valence-corrected chi connectivity index (χ0v) is 13.0. The molecule has 1 fully saturated rings. The van der Waals surface area contributed by atoms with Crippen molar-refractivity contribution in [3.05, 3.63) is 29.0 Å². The van der Waals surface area contributed by atoms with Crippen LogP contribution in [-0.4, -0.2) is 38.4 Å². The first-order valence-electron chi connectivity index (χ1n) is 6.42. The number of rotatable bonds is 3. The van der Waals surface area contributed by atoms with Gasteiger partial charge in [-0.2, -0.15) is 4.31 Å². The Kier molecular flexibility index (Phi) is 4.85. The Bertz CT molecular complexity index is 650. The lowest BCUT2D eigenvalue weighted by Crippen LogP contribution is -2.48. The highest BCUT2D eigenvalue weighted by atomic mass is 35.5. The molecule has 1 aliphatic rings. The summed E-state index contributed by atoms with van der Waals surface area (Å²) in [5.74, 6) is -1.57. The van der Waals surface area contributed by atoms with Crippen LogP contribution < -0.4 is 0 Å². The smallest absolute Gasteiger partial charge is 0.324 e. The van der Waals surface area contributed by atoms with E-state index in [0.717, 1.165) is 22.9 Å². The summed E-state index contributed by atoms with van der Waals surface area (Å²) >= 11 is 5.63. The first-order valence-corrected chi connectivity index (χ1v) is 8.24. The second-order valence-electron chi connectivity index (χ2n) is 4.73. The van der Waals surface area contributed by atoms with E-state index in [0.29, 0.717) is 12.8 Å². The molecule has 116 valence electrons. The molecule has 1 heterocycles. The lowest BCUT2D eigenvalue weighted by atomic mass is 10.1. The molecule has 0 spiro atoms. The van der Waals surface area contributed by atoms with Crippen molar-refractivity contribution in [2.45, 2.75) is 30.2 Å². The Balaban J connectivity index is 2.43. The molecule has 0 aromatic heterocycles. The number of halogens is 2. The molecular weight excluding hydrogens is 321 g/mol. The van der Waals surface area contributed by atoms with Crippen LogP contribution in [0.2, 0.25) is 5.02 Å². The first-order chi connectivity index (χ1) is 9.87. The summed E-state index contributed by atoms with van der Waals surface area (Å²) in [6.45, 7) is 0.157. The summed E-state index contributed by atoms with van der Waals surface area (Å²) in [5, 5.41) is 0.106. The maximum absolute atomic E-state index is 13.9. The van der Waals surface area contributed by atoms with Gasteiger partial charge in [0.25, 0.3) is 0 Å². The Labute approximate surface area is 127 Å². The molecule has 0 amide bonds. The topological polar surface area (TPSA) is 63.7 Å². The van der Waals surface area contributed by atoms with Gasteiger partial charge < -0.3 is 4.74 Å². The van der Waals surface area contributed by atoms with Crippen molar-refractivity contribution in [2.24, 2.45) is 0 Å². The summed E-state index contributed by atoms with van der Waals surface area (Å²) in [6, 6.07) is 2.43. The van der Waals surface area contributed by atoms with Crippen LogP contribution in [0.1, 0.15) is 19.3 Å². The van der Waals surface area contributed by atoms with Gasteiger partial charge in [0.1, 0.15) is 16.8 Å². The molecule has 1 atom stereocenters. The van der Waals surface area contributed by atoms with Gasteiger partial charge in [-0.3, -0.25) is 4.79 Å². The molecule has 21 heavy (non-hydrogen) atoms. The second-order valence-corrected chi connectivity index (χ2v) is 7.02. The number of sulfonamides is 1. The summed E-state index contributed by atoms with van der Waals surface area (Å²) in [4.78, 5) is 11.3. The van der Waals surface area contributed by atoms with Gasteiger partial charge in [-0.15, -0.1) is 0 Å². The zero-order valence-electron chi connectivity index (χ0n) is 11.4. The van der Waals surface area contributed by atoms with E-state index in [2.05, 4.69) is 4.74 Å². The predicted molar refractivity (Wildman–Crippen MR) is 75.0 cm³/mol. The highest BCUT2D eigenvalue weighted by Crippen LogP contribution is 2.28. The fourth-order valence-corrected chi connectivity index (χ4v) is 4.23. The van der Waals surface area contributed by atoms with Crippen LogP contribution in [0.3, 0.4) is 0 Å². The standard InChI is InChI=1S/C13H15ClFNO4S/c1-20-13(17)11-4-2-3-7-16(11)21(18,19)12-6-5-9(14)8-10(12)15/h5-6,8,11H,2-4,7H2,1H3. The molecule has 0 saturated carbocycles. The number of hydrogen-bond acceptors (Lipinski definition) is 4. The number of carbonyl (C=O) groups is 1. The monoisotopic (exact) mass is 335 g/mol. The van der Waals surface area contributed by atoms with Crippen molar-refractivity contribution >= 4 is 27.6 Å². The van der Waals surface area contributed by atoms with Gasteiger partial charge in [0.2, 0.25) is 10.0 Å². The van der Waals surface area contributed by atoms with Gasteiger partial charge in [-0.1, -0.05) is 11.6 Å². The fourth-order valence-electron chi connectivity index (χ4n) is 2.38. The minimum atomic E-state index is -4.11. The molecule has 0 aliphatic carbocycles. The summed E-state index contributed by atoms with van der Waals surface area (Å²) in [5.41, 5.74) is 0. The minimum Gasteiger partial charge on any atom is -0.468 e. The quantitative estimate of drug-likeness (QED) is 0.794. The SMILES string of the molecule is COC(=O)C1CCCCN1S(=O)(=O)c1ccc(Cl)cc1F. The predicted octanol–water partition coefficient (Wildman–Crippen LogP) is 2.20. The molecular formula is C13H15ClFNO4S. The molecule has 1 saturated heterocycles. The van der Waals surface area contributed by atoms with Crippen molar-refractivity contribution in [2.75, 3.05) is 13.7 Å². The number of esters is 1. The summed E-state index contributed by atoms with van der Waals surface area (Å²) in [6.07, 6.45) is 1.69. The molecule has 5 nitrogen and oxygen atoms in total. The van der Waals surface area contributed by atoms with Crippen molar-refractivity contribution in [3.63, 3.8) is 0 Å². The lowest BCUT2D eigenvalue weighted by molar-refractivity contribution is -0.146. The Morgan fingerprint density at radius 2 is 2.14 bits per heavy atom. The molecule has 8 heteroatoms. The lowest BCUT2D eigenvalue weighted by Gasteiger charge is -2.32. The van der Waals surface area contributed by atoms with E-state index in [1.54, 1.807) is 0 Å². The third kappa shape index (κ3) is 3.20. The molecule has 1 aliphatic heterocycles. The second kappa shape index (κ2) is 6.29. The third-order valence-corrected chi connectivity index (χ3v) is 5.58. The zero-order chi connectivity index (χ0) is 15.6. The average molecular weight is 336 g/mol. The molecule has 1 unspecified atom stereocenters. The number of benzene rings is 1. The highest BCUT2D eigenvalue weighted by molar-refractivity contribution is 7.89. The highest BCUT2D eigenvalue weighted by Gasteiger charge is 2.39. The number of methoxy groups -OCH3 is 1. The van der Waals surface area contributed by atoms with E-state index in [1.165, 1.54) is 13.2 Å². The van der Waals surface area contributed by atoms with E-state index >= 15 is 0 Å². The average Bonchev–Trinajstić information content (AvgIpc) is 2.46. The van der Waals surface area contributed by atoms with Crippen molar-refractivity contribution in [1.29, 1.82) is 0 Å². The Hall–Kier alpha value is -1.18. The van der Waals surface area contributed by atoms with Gasteiger partial charge in [0.05, 0.1) is 7.11 Å². The van der Waals surface area contributed by atoms with E-state index in [-0.39, 0.29) is 11.6 Å². The van der Waals surface area contributed by atoms with Crippen LogP contribution in [0.4, 0.5) is 4.39 Å². The van der Waals surface area contributed by atoms with Crippen LogP contribution in [0, 0.1) is 5.82 Å². The first kappa shape index (κ1) is 16.2. The van der Waals surface area contributed by atoms with Crippen LogP contribution >= 0.6 is 11.6 Å². The fraction of sp³-hybridized carbons (Fsp3) is 0.462. The molecule has 2 rings (SSSR count). The van der Waals surface area contributed by atoms with Crippen LogP contribution in [0.15, 0.2) is 23.1 Å². The van der Waals surface area contributed by atoms with Crippen LogP contribution in [0.5, 0.6) is 0 Å². The van der Waals surface area contributed by atoms with Gasteiger partial charge in [0, 0.05) is 11.6 Å². The third-order valence-electron chi connectivity index (χ3n) is 3.41. The molecule has 0 radical (unpaired) electrons. The maximum atomic E-state index is 13.9. The van der Waals surface area contributed by atoms with Gasteiger partial charge in [-0.25, -0.2) is 12.8 Å². The van der Waals surface area contributed by atoms with Crippen molar-refractivity contribution in [1.82, 2.24) is 4.31 Å². The Morgan fingerprint density at radius 1 is 1.43 bits per heavy atom. The molecule has 0 N–H and O–H groups in total. The minimum absolute atomic E-state index is 0.106. The molecule has 0 bridgehead atoms. The number of nitrogens with zero attached hydrogens (tertiary/aromatic N) is 1. The number of piperidine rings is 1. The molecule has 1 aromatic carbocycles. The van der Waals surface area contributed by atoms with Crippen molar-refractivity contribution in [3.8, 4) is 0 Å². The van der Waals surface area contributed by atoms with E-state index in [9.17, 15) is 17.6 Å². The van der Waals surface area contributed by atoms with E-state index in [1.807, 2.05) is 0 Å². The Morgan fingerprint density at radius 3 is 2.76 bits per heavy atom. The van der Waals surface area contributed by atoms with Gasteiger partial charge >= 0.3 is 5.97 Å².